The first-order valence-corrected chi connectivity index (χ1v) is 7.34. The van der Waals surface area contributed by atoms with Crippen LogP contribution in [0.25, 0.3) is 0 Å². The lowest BCUT2D eigenvalue weighted by atomic mass is 10.1. The number of hydrogen-bond acceptors (Lipinski definition) is 2. The zero-order chi connectivity index (χ0) is 12.4. The van der Waals surface area contributed by atoms with Gasteiger partial charge >= 0.3 is 0 Å². The third-order valence-electron chi connectivity index (χ3n) is 4.78. The Morgan fingerprint density at radius 3 is 2.22 bits per heavy atom. The first kappa shape index (κ1) is 12.2. The Kier molecular flexibility index (Phi) is 3.40. The quantitative estimate of drug-likeness (QED) is 0.803. The van der Waals surface area contributed by atoms with Crippen LogP contribution in [0.15, 0.2) is 30.3 Å². The molecule has 1 aliphatic heterocycles. The zero-order valence-corrected chi connectivity index (χ0v) is 11.4. The lowest BCUT2D eigenvalue weighted by Crippen LogP contribution is -2.50. The van der Waals surface area contributed by atoms with Crippen molar-refractivity contribution >= 4 is 0 Å². The molecule has 0 unspecified atom stereocenters. The average Bonchev–Trinajstić information content (AvgIpc) is 3.22. The number of rotatable bonds is 4. The molecule has 1 aliphatic carbocycles. The Hall–Kier alpha value is -0.860. The molecule has 2 fully saturated rings. The summed E-state index contributed by atoms with van der Waals surface area (Å²) in [7, 11) is 0. The summed E-state index contributed by atoms with van der Waals surface area (Å²) in [6.45, 7) is 8.46. The third-order valence-corrected chi connectivity index (χ3v) is 4.78. The van der Waals surface area contributed by atoms with Crippen molar-refractivity contribution in [2.75, 3.05) is 26.2 Å². The SMILES string of the molecule is CCC1(N2CCN(Cc3ccccc3)CC2)CC1. The molecule has 2 nitrogen and oxygen atoms in total. The summed E-state index contributed by atoms with van der Waals surface area (Å²) < 4.78 is 0. The van der Waals surface area contributed by atoms with E-state index in [1.54, 1.807) is 0 Å². The van der Waals surface area contributed by atoms with Crippen molar-refractivity contribution in [2.45, 2.75) is 38.3 Å². The van der Waals surface area contributed by atoms with Crippen LogP contribution < -0.4 is 0 Å². The predicted molar refractivity (Wildman–Crippen MR) is 75.5 cm³/mol. The highest BCUT2D eigenvalue weighted by atomic mass is 15.3. The molecule has 1 heterocycles. The van der Waals surface area contributed by atoms with E-state index < -0.39 is 0 Å². The molecule has 3 rings (SSSR count). The molecule has 0 amide bonds. The van der Waals surface area contributed by atoms with Crippen LogP contribution in [-0.2, 0) is 6.54 Å². The maximum Gasteiger partial charge on any atom is 0.0234 e. The number of nitrogens with zero attached hydrogens (tertiary/aromatic N) is 2. The van der Waals surface area contributed by atoms with E-state index in [0.717, 1.165) is 6.54 Å². The standard InChI is InChI=1S/C16H24N2/c1-2-16(8-9-16)18-12-10-17(11-13-18)14-15-6-4-3-5-7-15/h3-7H,2,8-14H2,1H3. The first-order chi connectivity index (χ1) is 8.82. The van der Waals surface area contributed by atoms with Crippen molar-refractivity contribution in [3.63, 3.8) is 0 Å². The molecule has 0 aromatic heterocycles. The van der Waals surface area contributed by atoms with Crippen LogP contribution in [0.2, 0.25) is 0 Å². The van der Waals surface area contributed by atoms with E-state index in [1.165, 1.54) is 51.0 Å². The van der Waals surface area contributed by atoms with Gasteiger partial charge in [-0.2, -0.15) is 0 Å². The average molecular weight is 244 g/mol. The summed E-state index contributed by atoms with van der Waals surface area (Å²) in [5.41, 5.74) is 2.06. The molecule has 2 aliphatic rings. The summed E-state index contributed by atoms with van der Waals surface area (Å²) in [6, 6.07) is 10.9. The molecule has 2 heteroatoms. The second-order valence-electron chi connectivity index (χ2n) is 5.83. The van der Waals surface area contributed by atoms with Crippen LogP contribution in [-0.4, -0.2) is 41.5 Å². The van der Waals surface area contributed by atoms with Crippen molar-refractivity contribution in [3.05, 3.63) is 35.9 Å². The monoisotopic (exact) mass is 244 g/mol. The zero-order valence-electron chi connectivity index (χ0n) is 11.4. The maximum atomic E-state index is 2.74. The van der Waals surface area contributed by atoms with Gasteiger partial charge in [-0.1, -0.05) is 37.3 Å². The molecular formula is C16H24N2. The van der Waals surface area contributed by atoms with Crippen LogP contribution in [0.3, 0.4) is 0 Å². The van der Waals surface area contributed by atoms with E-state index in [9.17, 15) is 0 Å². The molecule has 0 bridgehead atoms. The molecule has 98 valence electrons. The Labute approximate surface area is 111 Å². The summed E-state index contributed by atoms with van der Waals surface area (Å²) in [5, 5.41) is 0. The van der Waals surface area contributed by atoms with Gasteiger partial charge < -0.3 is 0 Å². The lowest BCUT2D eigenvalue weighted by Gasteiger charge is -2.39. The molecule has 0 N–H and O–H groups in total. The molecule has 0 spiro atoms. The minimum Gasteiger partial charge on any atom is -0.297 e. The second kappa shape index (κ2) is 5.02. The Balaban J connectivity index is 1.51. The fourth-order valence-electron chi connectivity index (χ4n) is 3.26. The van der Waals surface area contributed by atoms with Crippen molar-refractivity contribution in [1.29, 1.82) is 0 Å². The molecule has 1 saturated heterocycles. The second-order valence-corrected chi connectivity index (χ2v) is 5.83. The van der Waals surface area contributed by atoms with Gasteiger partial charge in [0.2, 0.25) is 0 Å². The van der Waals surface area contributed by atoms with E-state index in [1.807, 2.05) is 0 Å². The van der Waals surface area contributed by atoms with Gasteiger partial charge in [0.1, 0.15) is 0 Å². The van der Waals surface area contributed by atoms with Crippen molar-refractivity contribution in [2.24, 2.45) is 0 Å². The molecule has 1 saturated carbocycles. The van der Waals surface area contributed by atoms with Gasteiger partial charge in [0.15, 0.2) is 0 Å². The summed E-state index contributed by atoms with van der Waals surface area (Å²) in [4.78, 5) is 5.34. The molecule has 0 atom stereocenters. The molecular weight excluding hydrogens is 220 g/mol. The Morgan fingerprint density at radius 1 is 1.00 bits per heavy atom. The van der Waals surface area contributed by atoms with Crippen LogP contribution in [0.4, 0.5) is 0 Å². The van der Waals surface area contributed by atoms with E-state index in [-0.39, 0.29) is 0 Å². The summed E-state index contributed by atoms with van der Waals surface area (Å²) >= 11 is 0. The van der Waals surface area contributed by atoms with Crippen molar-refractivity contribution in [3.8, 4) is 0 Å². The van der Waals surface area contributed by atoms with Gasteiger partial charge in [0, 0.05) is 38.3 Å². The number of piperazine rings is 1. The normalized spacial score (nSPS) is 24.1. The van der Waals surface area contributed by atoms with Gasteiger partial charge in [0.05, 0.1) is 0 Å². The largest absolute Gasteiger partial charge is 0.297 e. The van der Waals surface area contributed by atoms with Gasteiger partial charge in [-0.05, 0) is 24.8 Å². The first-order valence-electron chi connectivity index (χ1n) is 7.34. The van der Waals surface area contributed by atoms with E-state index in [2.05, 4.69) is 47.1 Å². The molecule has 1 aromatic rings. The highest BCUT2D eigenvalue weighted by molar-refractivity contribution is 5.14. The minimum absolute atomic E-state index is 0.610. The summed E-state index contributed by atoms with van der Waals surface area (Å²) in [5.74, 6) is 0. The van der Waals surface area contributed by atoms with Gasteiger partial charge in [-0.3, -0.25) is 9.80 Å². The van der Waals surface area contributed by atoms with Gasteiger partial charge in [0.25, 0.3) is 0 Å². The van der Waals surface area contributed by atoms with Crippen LogP contribution in [0, 0.1) is 0 Å². The lowest BCUT2D eigenvalue weighted by molar-refractivity contribution is 0.0788. The van der Waals surface area contributed by atoms with E-state index >= 15 is 0 Å². The minimum atomic E-state index is 0.610. The van der Waals surface area contributed by atoms with Gasteiger partial charge in [-0.15, -0.1) is 0 Å². The Morgan fingerprint density at radius 2 is 1.67 bits per heavy atom. The number of benzene rings is 1. The smallest absolute Gasteiger partial charge is 0.0234 e. The van der Waals surface area contributed by atoms with Crippen LogP contribution in [0.1, 0.15) is 31.7 Å². The van der Waals surface area contributed by atoms with Crippen LogP contribution in [0.5, 0.6) is 0 Å². The number of hydrogen-bond donors (Lipinski definition) is 0. The maximum absolute atomic E-state index is 2.74. The highest BCUT2D eigenvalue weighted by Crippen LogP contribution is 2.44. The molecule has 1 aromatic carbocycles. The fraction of sp³-hybridized carbons (Fsp3) is 0.625. The molecule has 0 radical (unpaired) electrons. The predicted octanol–water partition coefficient (Wildman–Crippen LogP) is 2.75. The van der Waals surface area contributed by atoms with E-state index in [0.29, 0.717) is 5.54 Å². The van der Waals surface area contributed by atoms with Crippen molar-refractivity contribution in [1.82, 2.24) is 9.80 Å². The van der Waals surface area contributed by atoms with Crippen molar-refractivity contribution < 1.29 is 0 Å². The topological polar surface area (TPSA) is 6.48 Å². The fourth-order valence-corrected chi connectivity index (χ4v) is 3.26. The third kappa shape index (κ3) is 2.45. The molecule has 18 heavy (non-hydrogen) atoms. The highest BCUT2D eigenvalue weighted by Gasteiger charge is 2.46. The van der Waals surface area contributed by atoms with Crippen LogP contribution >= 0.6 is 0 Å². The Bertz CT molecular complexity index is 375. The van der Waals surface area contributed by atoms with Gasteiger partial charge in [-0.25, -0.2) is 0 Å². The summed E-state index contributed by atoms with van der Waals surface area (Å²) in [6.07, 6.45) is 4.20. The van der Waals surface area contributed by atoms with E-state index in [4.69, 9.17) is 0 Å².